The standard InChI is InChI=1S/C20H16FN3O3/c1-3-26-19-15(11-12-10-13(25-2)8-9-17(12)22-19)18-23-20(27-24-18)14-6-4-5-7-16(14)21/h4-11H,3H2,1-2H3. The minimum atomic E-state index is -0.431. The van der Waals surface area contributed by atoms with Gasteiger partial charge in [0.05, 0.1) is 30.4 Å². The Morgan fingerprint density at radius 2 is 1.89 bits per heavy atom. The van der Waals surface area contributed by atoms with Crippen molar-refractivity contribution in [1.29, 1.82) is 0 Å². The van der Waals surface area contributed by atoms with Crippen LogP contribution in [0.3, 0.4) is 0 Å². The number of halogens is 1. The Morgan fingerprint density at radius 3 is 2.67 bits per heavy atom. The first-order chi connectivity index (χ1) is 13.2. The Labute approximate surface area is 154 Å². The number of methoxy groups -OCH3 is 1. The third-order valence-electron chi connectivity index (χ3n) is 4.04. The molecule has 0 N–H and O–H groups in total. The predicted octanol–water partition coefficient (Wildman–Crippen LogP) is 4.50. The number of hydrogen-bond acceptors (Lipinski definition) is 6. The molecule has 136 valence electrons. The van der Waals surface area contributed by atoms with Crippen LogP contribution >= 0.6 is 0 Å². The lowest BCUT2D eigenvalue weighted by atomic mass is 10.1. The van der Waals surface area contributed by atoms with Crippen LogP contribution < -0.4 is 9.47 Å². The smallest absolute Gasteiger partial charge is 0.261 e. The Bertz CT molecular complexity index is 1110. The van der Waals surface area contributed by atoms with E-state index in [9.17, 15) is 4.39 Å². The third-order valence-corrected chi connectivity index (χ3v) is 4.04. The average molecular weight is 365 g/mol. The normalized spacial score (nSPS) is 10.9. The van der Waals surface area contributed by atoms with E-state index in [0.29, 0.717) is 23.8 Å². The lowest BCUT2D eigenvalue weighted by Gasteiger charge is -2.09. The lowest BCUT2D eigenvalue weighted by Crippen LogP contribution is -1.98. The van der Waals surface area contributed by atoms with Crippen molar-refractivity contribution in [2.75, 3.05) is 13.7 Å². The molecule has 0 saturated heterocycles. The van der Waals surface area contributed by atoms with Gasteiger partial charge in [-0.1, -0.05) is 17.3 Å². The zero-order valence-corrected chi connectivity index (χ0v) is 14.8. The number of rotatable bonds is 5. The highest BCUT2D eigenvalue weighted by molar-refractivity contribution is 5.86. The first kappa shape index (κ1) is 17.0. The molecule has 7 heteroatoms. The minimum absolute atomic E-state index is 0.0938. The van der Waals surface area contributed by atoms with Gasteiger partial charge in [-0.05, 0) is 43.3 Å². The van der Waals surface area contributed by atoms with Crippen LogP contribution in [0, 0.1) is 5.82 Å². The first-order valence-electron chi connectivity index (χ1n) is 8.40. The molecule has 4 rings (SSSR count). The number of benzene rings is 2. The summed E-state index contributed by atoms with van der Waals surface area (Å²) in [6.07, 6.45) is 0. The molecule has 4 aromatic rings. The highest BCUT2D eigenvalue weighted by Crippen LogP contribution is 2.33. The minimum Gasteiger partial charge on any atom is -0.497 e. The van der Waals surface area contributed by atoms with Gasteiger partial charge in [0, 0.05) is 5.39 Å². The number of aromatic nitrogens is 3. The van der Waals surface area contributed by atoms with Crippen LogP contribution in [-0.2, 0) is 0 Å². The van der Waals surface area contributed by atoms with Crippen molar-refractivity contribution in [3.63, 3.8) is 0 Å². The molecule has 0 amide bonds. The molecule has 2 heterocycles. The van der Waals surface area contributed by atoms with Crippen molar-refractivity contribution in [3.8, 4) is 34.5 Å². The quantitative estimate of drug-likeness (QED) is 0.519. The summed E-state index contributed by atoms with van der Waals surface area (Å²) in [5.41, 5.74) is 1.55. The van der Waals surface area contributed by atoms with Gasteiger partial charge < -0.3 is 14.0 Å². The van der Waals surface area contributed by atoms with E-state index in [0.717, 1.165) is 10.9 Å². The summed E-state index contributed by atoms with van der Waals surface area (Å²) in [7, 11) is 1.60. The molecule has 0 bridgehead atoms. The largest absolute Gasteiger partial charge is 0.497 e. The van der Waals surface area contributed by atoms with E-state index in [4.69, 9.17) is 14.0 Å². The van der Waals surface area contributed by atoms with Gasteiger partial charge in [0.1, 0.15) is 11.6 Å². The second-order valence-corrected chi connectivity index (χ2v) is 5.74. The predicted molar refractivity (Wildman–Crippen MR) is 98.2 cm³/mol. The summed E-state index contributed by atoms with van der Waals surface area (Å²) >= 11 is 0. The van der Waals surface area contributed by atoms with E-state index in [2.05, 4.69) is 15.1 Å². The van der Waals surface area contributed by atoms with E-state index in [1.54, 1.807) is 25.3 Å². The van der Waals surface area contributed by atoms with Crippen molar-refractivity contribution in [3.05, 3.63) is 54.3 Å². The number of pyridine rings is 1. The molecule has 0 spiro atoms. The maximum Gasteiger partial charge on any atom is 0.261 e. The summed E-state index contributed by atoms with van der Waals surface area (Å²) in [6.45, 7) is 2.30. The van der Waals surface area contributed by atoms with Crippen molar-refractivity contribution < 1.29 is 18.4 Å². The summed E-state index contributed by atoms with van der Waals surface area (Å²) < 4.78 is 30.2. The molecule has 27 heavy (non-hydrogen) atoms. The number of ether oxygens (including phenoxy) is 2. The van der Waals surface area contributed by atoms with Crippen molar-refractivity contribution >= 4 is 10.9 Å². The zero-order valence-electron chi connectivity index (χ0n) is 14.8. The van der Waals surface area contributed by atoms with Crippen molar-refractivity contribution in [1.82, 2.24) is 15.1 Å². The molecule has 0 fully saturated rings. The van der Waals surface area contributed by atoms with Crippen LogP contribution in [0.5, 0.6) is 11.6 Å². The van der Waals surface area contributed by atoms with Crippen LogP contribution in [0.4, 0.5) is 4.39 Å². The highest BCUT2D eigenvalue weighted by Gasteiger charge is 2.19. The van der Waals surface area contributed by atoms with Gasteiger partial charge in [-0.15, -0.1) is 0 Å². The fourth-order valence-electron chi connectivity index (χ4n) is 2.75. The Morgan fingerprint density at radius 1 is 1.04 bits per heavy atom. The van der Waals surface area contributed by atoms with Gasteiger partial charge >= 0.3 is 0 Å². The molecule has 2 aromatic carbocycles. The van der Waals surface area contributed by atoms with Gasteiger partial charge in [0.15, 0.2) is 0 Å². The van der Waals surface area contributed by atoms with Crippen LogP contribution in [0.2, 0.25) is 0 Å². The van der Waals surface area contributed by atoms with Crippen LogP contribution in [0.15, 0.2) is 53.1 Å². The monoisotopic (exact) mass is 365 g/mol. The Kier molecular flexibility index (Phi) is 4.42. The van der Waals surface area contributed by atoms with Crippen molar-refractivity contribution in [2.45, 2.75) is 6.92 Å². The molecule has 0 aliphatic heterocycles. The first-order valence-corrected chi connectivity index (χ1v) is 8.40. The topological polar surface area (TPSA) is 70.3 Å². The average Bonchev–Trinajstić information content (AvgIpc) is 3.17. The maximum absolute atomic E-state index is 14.0. The number of hydrogen-bond donors (Lipinski definition) is 0. The lowest BCUT2D eigenvalue weighted by molar-refractivity contribution is 0.329. The van der Waals surface area contributed by atoms with Crippen LogP contribution in [0.1, 0.15) is 6.92 Å². The van der Waals surface area contributed by atoms with E-state index in [1.807, 2.05) is 31.2 Å². The third kappa shape index (κ3) is 3.19. The van der Waals surface area contributed by atoms with Gasteiger partial charge in [-0.25, -0.2) is 9.37 Å². The molecule has 0 saturated carbocycles. The van der Waals surface area contributed by atoms with Gasteiger partial charge in [-0.2, -0.15) is 4.98 Å². The molecule has 2 aromatic heterocycles. The van der Waals surface area contributed by atoms with Crippen LogP contribution in [0.25, 0.3) is 33.7 Å². The zero-order chi connectivity index (χ0) is 18.8. The molecule has 0 unspecified atom stereocenters. The second-order valence-electron chi connectivity index (χ2n) is 5.74. The molecular formula is C20H16FN3O3. The number of fused-ring (bicyclic) bond motifs is 1. The molecule has 0 aliphatic carbocycles. The second kappa shape index (κ2) is 7.03. The summed E-state index contributed by atoms with van der Waals surface area (Å²) in [6, 6.07) is 13.6. The van der Waals surface area contributed by atoms with Crippen LogP contribution in [-0.4, -0.2) is 28.8 Å². The van der Waals surface area contributed by atoms with E-state index in [-0.39, 0.29) is 17.3 Å². The fourth-order valence-corrected chi connectivity index (χ4v) is 2.75. The molecule has 0 atom stereocenters. The molecule has 0 aliphatic rings. The summed E-state index contributed by atoms with van der Waals surface area (Å²) in [5, 5.41) is 4.83. The van der Waals surface area contributed by atoms with Gasteiger partial charge in [-0.3, -0.25) is 0 Å². The summed E-state index contributed by atoms with van der Waals surface area (Å²) in [5.74, 6) is 1.03. The molecular weight excluding hydrogens is 349 g/mol. The Hall–Kier alpha value is -3.48. The van der Waals surface area contributed by atoms with E-state index >= 15 is 0 Å². The van der Waals surface area contributed by atoms with Gasteiger partial charge in [0.2, 0.25) is 11.7 Å². The highest BCUT2D eigenvalue weighted by atomic mass is 19.1. The van der Waals surface area contributed by atoms with E-state index in [1.165, 1.54) is 6.07 Å². The molecule has 6 nitrogen and oxygen atoms in total. The fraction of sp³-hybridized carbons (Fsp3) is 0.150. The summed E-state index contributed by atoms with van der Waals surface area (Å²) in [4.78, 5) is 8.88. The number of nitrogens with zero attached hydrogens (tertiary/aromatic N) is 3. The van der Waals surface area contributed by atoms with Gasteiger partial charge in [0.25, 0.3) is 5.89 Å². The van der Waals surface area contributed by atoms with E-state index < -0.39 is 5.82 Å². The van der Waals surface area contributed by atoms with Crippen molar-refractivity contribution in [2.24, 2.45) is 0 Å². The maximum atomic E-state index is 14.0. The SMILES string of the molecule is CCOc1nc2ccc(OC)cc2cc1-c1noc(-c2ccccc2F)n1. The molecule has 0 radical (unpaired) electrons. The Balaban J connectivity index is 1.84.